The van der Waals surface area contributed by atoms with E-state index in [1.807, 2.05) is 13.0 Å². The molecular formula is C14H12ClFN2O. The summed E-state index contributed by atoms with van der Waals surface area (Å²) in [5, 5.41) is 3.10. The van der Waals surface area contributed by atoms with Crippen LogP contribution in [0.5, 0.6) is 0 Å². The van der Waals surface area contributed by atoms with Gasteiger partial charge in [-0.1, -0.05) is 17.7 Å². The standard InChI is InChI=1S/C14H12ClFN2O/c1-8-2-5-13(10(15)6-8)18-14(19)9-3-4-11(16)12(17)7-9/h2-7H,17H2,1H3,(H,18,19). The van der Waals surface area contributed by atoms with Crippen molar-refractivity contribution in [3.05, 3.63) is 58.4 Å². The number of hydrogen-bond acceptors (Lipinski definition) is 2. The van der Waals surface area contributed by atoms with Crippen LogP contribution in [0.4, 0.5) is 15.8 Å². The molecular weight excluding hydrogens is 267 g/mol. The number of anilines is 2. The summed E-state index contributed by atoms with van der Waals surface area (Å²) < 4.78 is 13.0. The number of nitrogen functional groups attached to an aromatic ring is 1. The number of carbonyl (C=O) groups excluding carboxylic acids is 1. The lowest BCUT2D eigenvalue weighted by Gasteiger charge is -2.08. The Kier molecular flexibility index (Phi) is 3.71. The summed E-state index contributed by atoms with van der Waals surface area (Å²) >= 11 is 6.02. The van der Waals surface area contributed by atoms with Gasteiger partial charge in [0.15, 0.2) is 0 Å². The van der Waals surface area contributed by atoms with Gasteiger partial charge in [0.05, 0.1) is 16.4 Å². The van der Waals surface area contributed by atoms with Gasteiger partial charge in [-0.15, -0.1) is 0 Å². The van der Waals surface area contributed by atoms with Gasteiger partial charge in [0.1, 0.15) is 5.82 Å². The van der Waals surface area contributed by atoms with E-state index in [9.17, 15) is 9.18 Å². The first-order valence-electron chi connectivity index (χ1n) is 5.60. The van der Waals surface area contributed by atoms with E-state index < -0.39 is 11.7 Å². The predicted molar refractivity (Wildman–Crippen MR) is 75.0 cm³/mol. The Balaban J connectivity index is 2.23. The molecule has 1 amide bonds. The van der Waals surface area contributed by atoms with E-state index in [1.165, 1.54) is 12.1 Å². The largest absolute Gasteiger partial charge is 0.396 e. The van der Waals surface area contributed by atoms with Gasteiger partial charge in [0.25, 0.3) is 5.91 Å². The fourth-order valence-corrected chi connectivity index (χ4v) is 1.88. The van der Waals surface area contributed by atoms with E-state index in [2.05, 4.69) is 5.32 Å². The van der Waals surface area contributed by atoms with Gasteiger partial charge in [-0.05, 0) is 42.8 Å². The van der Waals surface area contributed by atoms with Crippen molar-refractivity contribution in [1.82, 2.24) is 0 Å². The Bertz CT molecular complexity index is 643. The first-order chi connectivity index (χ1) is 8.97. The highest BCUT2D eigenvalue weighted by Crippen LogP contribution is 2.23. The van der Waals surface area contributed by atoms with Crippen LogP contribution < -0.4 is 11.1 Å². The molecule has 0 aliphatic rings. The molecule has 0 aliphatic heterocycles. The Hall–Kier alpha value is -2.07. The fraction of sp³-hybridized carbons (Fsp3) is 0.0714. The van der Waals surface area contributed by atoms with Crippen molar-refractivity contribution in [3.63, 3.8) is 0 Å². The normalized spacial score (nSPS) is 10.3. The molecule has 0 heterocycles. The molecule has 98 valence electrons. The number of carbonyl (C=O) groups is 1. The smallest absolute Gasteiger partial charge is 0.255 e. The molecule has 2 aromatic rings. The molecule has 0 atom stereocenters. The minimum Gasteiger partial charge on any atom is -0.396 e. The van der Waals surface area contributed by atoms with Crippen LogP contribution in [0.15, 0.2) is 36.4 Å². The van der Waals surface area contributed by atoms with Gasteiger partial charge < -0.3 is 11.1 Å². The minimum absolute atomic E-state index is 0.0670. The van der Waals surface area contributed by atoms with Crippen LogP contribution in [0.25, 0.3) is 0 Å². The van der Waals surface area contributed by atoms with Gasteiger partial charge in [-0.25, -0.2) is 4.39 Å². The summed E-state index contributed by atoms with van der Waals surface area (Å²) in [5.41, 5.74) is 7.12. The molecule has 0 saturated heterocycles. The number of nitrogens with one attached hydrogen (secondary N) is 1. The van der Waals surface area contributed by atoms with Crippen LogP contribution in [0.1, 0.15) is 15.9 Å². The van der Waals surface area contributed by atoms with Crippen LogP contribution in [-0.4, -0.2) is 5.91 Å². The highest BCUT2D eigenvalue weighted by Gasteiger charge is 2.10. The summed E-state index contributed by atoms with van der Waals surface area (Å²) in [5.74, 6) is -0.942. The molecule has 0 saturated carbocycles. The van der Waals surface area contributed by atoms with Crippen molar-refractivity contribution in [1.29, 1.82) is 0 Å². The van der Waals surface area contributed by atoms with Crippen LogP contribution in [-0.2, 0) is 0 Å². The SMILES string of the molecule is Cc1ccc(NC(=O)c2ccc(F)c(N)c2)c(Cl)c1. The molecule has 3 nitrogen and oxygen atoms in total. The zero-order chi connectivity index (χ0) is 14.0. The molecule has 0 radical (unpaired) electrons. The van der Waals surface area contributed by atoms with E-state index in [-0.39, 0.29) is 11.3 Å². The van der Waals surface area contributed by atoms with E-state index in [1.54, 1.807) is 12.1 Å². The lowest BCUT2D eigenvalue weighted by molar-refractivity contribution is 0.102. The van der Waals surface area contributed by atoms with E-state index in [0.29, 0.717) is 10.7 Å². The maximum absolute atomic E-state index is 13.0. The van der Waals surface area contributed by atoms with Gasteiger partial charge in [-0.2, -0.15) is 0 Å². The average molecular weight is 279 g/mol. The quantitative estimate of drug-likeness (QED) is 0.824. The van der Waals surface area contributed by atoms with E-state index >= 15 is 0 Å². The van der Waals surface area contributed by atoms with Crippen LogP contribution in [0, 0.1) is 12.7 Å². The third kappa shape index (κ3) is 3.03. The summed E-state index contributed by atoms with van der Waals surface area (Å²) in [7, 11) is 0. The minimum atomic E-state index is -0.551. The number of amides is 1. The summed E-state index contributed by atoms with van der Waals surface area (Å²) in [6.45, 7) is 1.90. The van der Waals surface area contributed by atoms with Crippen molar-refractivity contribution < 1.29 is 9.18 Å². The third-order valence-electron chi connectivity index (χ3n) is 2.63. The highest BCUT2D eigenvalue weighted by molar-refractivity contribution is 6.34. The average Bonchev–Trinajstić information content (AvgIpc) is 2.36. The van der Waals surface area contributed by atoms with Gasteiger partial charge in [-0.3, -0.25) is 4.79 Å². The molecule has 5 heteroatoms. The van der Waals surface area contributed by atoms with Crippen LogP contribution in [0.3, 0.4) is 0 Å². The molecule has 0 bridgehead atoms. The van der Waals surface area contributed by atoms with Gasteiger partial charge in [0.2, 0.25) is 0 Å². The summed E-state index contributed by atoms with van der Waals surface area (Å²) in [6.07, 6.45) is 0. The van der Waals surface area contributed by atoms with Crippen LogP contribution >= 0.6 is 11.6 Å². The zero-order valence-electron chi connectivity index (χ0n) is 10.2. The number of benzene rings is 2. The van der Waals surface area contributed by atoms with Crippen molar-refractivity contribution >= 4 is 28.9 Å². The third-order valence-corrected chi connectivity index (χ3v) is 2.94. The molecule has 0 aromatic heterocycles. The highest BCUT2D eigenvalue weighted by atomic mass is 35.5. The van der Waals surface area contributed by atoms with Crippen LogP contribution in [0.2, 0.25) is 5.02 Å². The molecule has 19 heavy (non-hydrogen) atoms. The molecule has 0 fully saturated rings. The first kappa shape index (κ1) is 13.4. The van der Waals surface area contributed by atoms with E-state index in [4.69, 9.17) is 17.3 Å². The first-order valence-corrected chi connectivity index (χ1v) is 5.97. The maximum atomic E-state index is 13.0. The van der Waals surface area contributed by atoms with Gasteiger partial charge in [0, 0.05) is 5.56 Å². The fourth-order valence-electron chi connectivity index (χ4n) is 1.60. The lowest BCUT2D eigenvalue weighted by Crippen LogP contribution is -2.12. The molecule has 0 aliphatic carbocycles. The van der Waals surface area contributed by atoms with Crippen molar-refractivity contribution in [2.45, 2.75) is 6.92 Å². The topological polar surface area (TPSA) is 55.1 Å². The Labute approximate surface area is 115 Å². The maximum Gasteiger partial charge on any atom is 0.255 e. The molecule has 2 rings (SSSR count). The number of aryl methyl sites for hydroxylation is 1. The summed E-state index contributed by atoms with van der Waals surface area (Å²) in [6, 6.07) is 9.09. The number of rotatable bonds is 2. The second-order valence-corrected chi connectivity index (χ2v) is 4.58. The Morgan fingerprint density at radius 3 is 2.63 bits per heavy atom. The molecule has 0 spiro atoms. The number of halogens is 2. The predicted octanol–water partition coefficient (Wildman–Crippen LogP) is 3.62. The zero-order valence-corrected chi connectivity index (χ0v) is 11.0. The monoisotopic (exact) mass is 278 g/mol. The Morgan fingerprint density at radius 1 is 1.26 bits per heavy atom. The van der Waals surface area contributed by atoms with Crippen molar-refractivity contribution in [3.8, 4) is 0 Å². The second-order valence-electron chi connectivity index (χ2n) is 4.17. The lowest BCUT2D eigenvalue weighted by atomic mass is 10.1. The summed E-state index contributed by atoms with van der Waals surface area (Å²) in [4.78, 5) is 12.0. The molecule has 2 aromatic carbocycles. The number of hydrogen-bond donors (Lipinski definition) is 2. The number of nitrogens with two attached hydrogens (primary N) is 1. The molecule has 3 N–H and O–H groups in total. The van der Waals surface area contributed by atoms with Gasteiger partial charge >= 0.3 is 0 Å². The second kappa shape index (κ2) is 5.28. The van der Waals surface area contributed by atoms with Crippen molar-refractivity contribution in [2.24, 2.45) is 0 Å². The Morgan fingerprint density at radius 2 is 2.00 bits per heavy atom. The van der Waals surface area contributed by atoms with E-state index in [0.717, 1.165) is 11.6 Å². The van der Waals surface area contributed by atoms with Crippen molar-refractivity contribution in [2.75, 3.05) is 11.1 Å². The molecule has 0 unspecified atom stereocenters.